The smallest absolute Gasteiger partial charge is 0.273 e. The van der Waals surface area contributed by atoms with Gasteiger partial charge in [0, 0.05) is 46.3 Å². The highest BCUT2D eigenvalue weighted by Gasteiger charge is 2.19. The number of amides is 1. The molecule has 38 heavy (non-hydrogen) atoms. The second kappa shape index (κ2) is 11.1. The Morgan fingerprint density at radius 3 is 2.55 bits per heavy atom. The molecular formula is C25H29N11O2. The van der Waals surface area contributed by atoms with Crippen LogP contribution in [-0.2, 0) is 7.05 Å². The number of carbonyl (C=O) groups is 1. The van der Waals surface area contributed by atoms with Crippen molar-refractivity contribution in [3.63, 3.8) is 0 Å². The lowest BCUT2D eigenvalue weighted by Crippen LogP contribution is -2.43. The monoisotopic (exact) mass is 515 g/mol. The van der Waals surface area contributed by atoms with Gasteiger partial charge in [-0.25, -0.2) is 9.97 Å². The quantitative estimate of drug-likeness (QED) is 0.273. The highest BCUT2D eigenvalue weighted by Crippen LogP contribution is 2.37. The van der Waals surface area contributed by atoms with Crippen molar-refractivity contribution < 1.29 is 9.53 Å². The van der Waals surface area contributed by atoms with Crippen LogP contribution in [0.25, 0.3) is 11.4 Å². The van der Waals surface area contributed by atoms with Crippen LogP contribution >= 0.6 is 0 Å². The van der Waals surface area contributed by atoms with Gasteiger partial charge in [0.1, 0.15) is 12.1 Å². The van der Waals surface area contributed by atoms with E-state index in [9.17, 15) is 4.79 Å². The number of piperazine rings is 1. The fourth-order valence-electron chi connectivity index (χ4n) is 4.17. The van der Waals surface area contributed by atoms with Crippen LogP contribution in [0.2, 0.25) is 0 Å². The van der Waals surface area contributed by atoms with Crippen molar-refractivity contribution in [2.45, 2.75) is 0 Å². The van der Waals surface area contributed by atoms with Gasteiger partial charge in [0.25, 0.3) is 5.91 Å². The Hall–Kier alpha value is -4.78. The fraction of sp³-hybridized carbons (Fsp3) is 0.280. The number of ether oxygens (including phenoxy) is 1. The van der Waals surface area contributed by atoms with Gasteiger partial charge in [0.05, 0.1) is 35.9 Å². The molecule has 3 aromatic heterocycles. The zero-order chi connectivity index (χ0) is 26.5. The zero-order valence-corrected chi connectivity index (χ0v) is 21.4. The first-order valence-electron chi connectivity index (χ1n) is 12.1. The van der Waals surface area contributed by atoms with E-state index in [0.29, 0.717) is 40.1 Å². The predicted octanol–water partition coefficient (Wildman–Crippen LogP) is 1.93. The highest BCUT2D eigenvalue weighted by molar-refractivity contribution is 5.99. The van der Waals surface area contributed by atoms with Gasteiger partial charge in [-0.15, -0.1) is 10.2 Å². The van der Waals surface area contributed by atoms with E-state index < -0.39 is 0 Å². The number of hydrogen-bond donors (Lipinski definition) is 4. The zero-order valence-electron chi connectivity index (χ0n) is 21.4. The number of rotatable bonds is 8. The number of aryl methyl sites for hydroxylation is 1. The SMILES string of the molecule is CNC(=O)c1nnc(Nc2ccc(N3CCNCC3)cn2)cc1Nc1cccc(-c2ncn(C)n2)c1OC. The normalized spacial score (nSPS) is 13.2. The van der Waals surface area contributed by atoms with E-state index in [1.807, 2.05) is 36.5 Å². The number of nitrogens with one attached hydrogen (secondary N) is 4. The number of anilines is 5. The van der Waals surface area contributed by atoms with Gasteiger partial charge >= 0.3 is 0 Å². The lowest BCUT2D eigenvalue weighted by Gasteiger charge is -2.29. The van der Waals surface area contributed by atoms with Crippen LogP contribution in [0.3, 0.4) is 0 Å². The predicted molar refractivity (Wildman–Crippen MR) is 144 cm³/mol. The van der Waals surface area contributed by atoms with Gasteiger partial charge in [0.2, 0.25) is 0 Å². The molecule has 1 aliphatic heterocycles. The fourth-order valence-corrected chi connectivity index (χ4v) is 4.17. The number of benzene rings is 1. The van der Waals surface area contributed by atoms with E-state index in [1.165, 1.54) is 7.05 Å². The molecule has 4 heterocycles. The summed E-state index contributed by atoms with van der Waals surface area (Å²) >= 11 is 0. The summed E-state index contributed by atoms with van der Waals surface area (Å²) in [6.07, 6.45) is 3.45. The van der Waals surface area contributed by atoms with Crippen molar-refractivity contribution in [1.29, 1.82) is 0 Å². The second-order valence-electron chi connectivity index (χ2n) is 8.59. The summed E-state index contributed by atoms with van der Waals surface area (Å²) in [4.78, 5) is 23.7. The van der Waals surface area contributed by atoms with Crippen molar-refractivity contribution in [2.24, 2.45) is 7.05 Å². The Morgan fingerprint density at radius 2 is 1.87 bits per heavy atom. The molecule has 4 N–H and O–H groups in total. The standard InChI is InChI=1S/C25H29N11O2/c1-26-25(37)22-19(30-18-6-4-5-17(23(18)38-3)24-29-15-35(2)34-24)13-21(32-33-22)31-20-8-7-16(14-28-20)36-11-9-27-10-12-36/h4-8,13-15,27H,9-12H2,1-3H3,(H,26,37)(H2,28,30,31,32). The number of hydrogen-bond acceptors (Lipinski definition) is 11. The third-order valence-corrected chi connectivity index (χ3v) is 6.05. The Kier molecular flexibility index (Phi) is 7.26. The molecule has 0 saturated carbocycles. The average molecular weight is 516 g/mol. The minimum atomic E-state index is -0.383. The Balaban J connectivity index is 1.43. The van der Waals surface area contributed by atoms with Crippen LogP contribution in [0, 0.1) is 0 Å². The van der Waals surface area contributed by atoms with Crippen molar-refractivity contribution >= 4 is 34.6 Å². The number of aromatic nitrogens is 6. The molecule has 13 nitrogen and oxygen atoms in total. The molecular weight excluding hydrogens is 486 g/mol. The van der Waals surface area contributed by atoms with E-state index in [2.05, 4.69) is 51.4 Å². The van der Waals surface area contributed by atoms with Crippen LogP contribution in [0.5, 0.6) is 5.75 Å². The largest absolute Gasteiger partial charge is 0.494 e. The number of para-hydroxylation sites is 1. The lowest BCUT2D eigenvalue weighted by molar-refractivity contribution is 0.0958. The number of pyridine rings is 1. The first-order valence-corrected chi connectivity index (χ1v) is 12.1. The number of methoxy groups -OCH3 is 1. The molecule has 0 aliphatic carbocycles. The molecule has 0 unspecified atom stereocenters. The first kappa shape index (κ1) is 24.9. The molecule has 4 aromatic rings. The summed E-state index contributed by atoms with van der Waals surface area (Å²) in [6.45, 7) is 3.79. The van der Waals surface area contributed by atoms with Crippen molar-refractivity contribution in [3.05, 3.63) is 54.6 Å². The van der Waals surface area contributed by atoms with Crippen LogP contribution < -0.4 is 30.9 Å². The van der Waals surface area contributed by atoms with Gasteiger partial charge in [0.15, 0.2) is 23.1 Å². The van der Waals surface area contributed by atoms with Gasteiger partial charge in [-0.1, -0.05) is 6.07 Å². The molecule has 0 atom stereocenters. The van der Waals surface area contributed by atoms with Gasteiger partial charge < -0.3 is 30.9 Å². The van der Waals surface area contributed by atoms with Gasteiger partial charge in [-0.3, -0.25) is 9.48 Å². The van der Waals surface area contributed by atoms with E-state index in [-0.39, 0.29) is 11.6 Å². The summed E-state index contributed by atoms with van der Waals surface area (Å²) < 4.78 is 7.32. The Morgan fingerprint density at radius 1 is 1.03 bits per heavy atom. The van der Waals surface area contributed by atoms with Crippen molar-refractivity contribution in [3.8, 4) is 17.1 Å². The highest BCUT2D eigenvalue weighted by atomic mass is 16.5. The summed E-state index contributed by atoms with van der Waals surface area (Å²) in [7, 11) is 4.91. The molecule has 1 fully saturated rings. The maximum absolute atomic E-state index is 12.6. The maximum Gasteiger partial charge on any atom is 0.273 e. The average Bonchev–Trinajstić information content (AvgIpc) is 3.39. The maximum atomic E-state index is 12.6. The Labute approximate surface area is 219 Å². The third-order valence-electron chi connectivity index (χ3n) is 6.05. The summed E-state index contributed by atoms with van der Waals surface area (Å²) in [5.74, 6) is 1.69. The van der Waals surface area contributed by atoms with Crippen LogP contribution in [0.1, 0.15) is 10.5 Å². The molecule has 0 spiro atoms. The van der Waals surface area contributed by atoms with Crippen LogP contribution in [0.15, 0.2) is 48.9 Å². The van der Waals surface area contributed by atoms with E-state index in [4.69, 9.17) is 4.74 Å². The molecule has 0 radical (unpaired) electrons. The van der Waals surface area contributed by atoms with Crippen LogP contribution in [-0.4, -0.2) is 76.2 Å². The molecule has 1 aromatic carbocycles. The third kappa shape index (κ3) is 5.32. The molecule has 1 amide bonds. The van der Waals surface area contributed by atoms with Crippen LogP contribution in [0.4, 0.5) is 28.7 Å². The van der Waals surface area contributed by atoms with Crippen molar-refractivity contribution in [2.75, 3.05) is 55.9 Å². The molecule has 13 heteroatoms. The lowest BCUT2D eigenvalue weighted by atomic mass is 10.1. The topological polar surface area (TPSA) is 147 Å². The molecule has 5 rings (SSSR count). The Bertz CT molecular complexity index is 1420. The molecule has 0 bridgehead atoms. The van der Waals surface area contributed by atoms with Crippen molar-refractivity contribution in [1.82, 2.24) is 40.6 Å². The first-order chi connectivity index (χ1) is 18.6. The van der Waals surface area contributed by atoms with E-state index >= 15 is 0 Å². The molecule has 196 valence electrons. The summed E-state index contributed by atoms with van der Waals surface area (Å²) in [5, 5.41) is 25.2. The van der Waals surface area contributed by atoms with Gasteiger partial charge in [-0.05, 0) is 24.3 Å². The second-order valence-corrected chi connectivity index (χ2v) is 8.59. The minimum Gasteiger partial charge on any atom is -0.494 e. The minimum absolute atomic E-state index is 0.128. The number of nitrogens with zero attached hydrogens (tertiary/aromatic N) is 7. The van der Waals surface area contributed by atoms with Gasteiger partial charge in [-0.2, -0.15) is 5.10 Å². The molecule has 1 saturated heterocycles. The molecule has 1 aliphatic rings. The van der Waals surface area contributed by atoms with E-state index in [1.54, 1.807) is 31.2 Å². The number of carbonyl (C=O) groups excluding carboxylic acids is 1. The summed E-state index contributed by atoms with van der Waals surface area (Å²) in [5.41, 5.74) is 2.94. The van der Waals surface area contributed by atoms with E-state index in [0.717, 1.165) is 31.9 Å². The summed E-state index contributed by atoms with van der Waals surface area (Å²) in [6, 6.07) is 11.2.